The van der Waals surface area contributed by atoms with E-state index in [0.717, 1.165) is 54.2 Å². The lowest BCUT2D eigenvalue weighted by Gasteiger charge is -2.24. The first kappa shape index (κ1) is 29.8. The van der Waals surface area contributed by atoms with Gasteiger partial charge in [-0.05, 0) is 78.6 Å². The summed E-state index contributed by atoms with van der Waals surface area (Å²) in [5.41, 5.74) is 11.6. The third-order valence-corrected chi connectivity index (χ3v) is 9.91. The topological polar surface area (TPSA) is 106 Å². The standard InChI is InChI=1S/C34H35N3O3S2/c1-33(2,21-35)26-18-25-10-7-15-36-31(25)28(19-26)24-9-6-8-22(16-24)17-29(32-37-20-30(41-32)34(3,4)38)23-11-13-27(14-12-23)42(5,39)40/h6-20,38H,21,35H2,1-5H3/b29-17-. The summed E-state index contributed by atoms with van der Waals surface area (Å²) in [5, 5.41) is 12.4. The second-order valence-electron chi connectivity index (χ2n) is 11.8. The molecule has 8 heteroatoms. The highest BCUT2D eigenvalue weighted by molar-refractivity contribution is 7.90. The number of fused-ring (bicyclic) bond motifs is 1. The average Bonchev–Trinajstić information content (AvgIpc) is 3.46. The Bertz CT molecular complexity index is 1900. The second kappa shape index (κ2) is 11.2. The van der Waals surface area contributed by atoms with Crippen molar-refractivity contribution in [3.63, 3.8) is 0 Å². The summed E-state index contributed by atoms with van der Waals surface area (Å²) in [5.74, 6) is 0. The fraction of sp³-hybridized carbons (Fsp3) is 0.235. The maximum atomic E-state index is 12.1. The number of pyridine rings is 1. The van der Waals surface area contributed by atoms with E-state index in [0.29, 0.717) is 6.54 Å². The summed E-state index contributed by atoms with van der Waals surface area (Å²) >= 11 is 1.41. The van der Waals surface area contributed by atoms with Crippen LogP contribution in [0.4, 0.5) is 0 Å². The number of thiazole rings is 1. The molecule has 5 aromatic rings. The predicted molar refractivity (Wildman–Crippen MR) is 173 cm³/mol. The number of benzene rings is 3. The Kier molecular flexibility index (Phi) is 7.94. The highest BCUT2D eigenvalue weighted by Gasteiger charge is 2.23. The van der Waals surface area contributed by atoms with Crippen LogP contribution in [-0.2, 0) is 20.9 Å². The normalized spacial score (nSPS) is 13.1. The molecule has 216 valence electrons. The minimum atomic E-state index is -3.33. The monoisotopic (exact) mass is 597 g/mol. The first-order valence-corrected chi connectivity index (χ1v) is 16.4. The molecule has 0 aliphatic rings. The SMILES string of the molecule is CC(C)(O)c1cnc(/C(=C\c2cccc(-c3cc(C(C)(C)CN)cc4cccnc34)c2)c2ccc(S(C)(=O)=O)cc2)s1. The molecule has 42 heavy (non-hydrogen) atoms. The number of aliphatic hydroxyl groups is 1. The van der Waals surface area contributed by atoms with Crippen molar-refractivity contribution in [3.8, 4) is 11.1 Å². The molecule has 6 nitrogen and oxygen atoms in total. The zero-order valence-corrected chi connectivity index (χ0v) is 26.1. The van der Waals surface area contributed by atoms with Gasteiger partial charge in [-0.15, -0.1) is 11.3 Å². The van der Waals surface area contributed by atoms with Crippen LogP contribution in [-0.4, -0.2) is 36.3 Å². The van der Waals surface area contributed by atoms with Crippen LogP contribution in [0.25, 0.3) is 33.7 Å². The molecule has 5 rings (SSSR count). The largest absolute Gasteiger partial charge is 0.385 e. The summed E-state index contributed by atoms with van der Waals surface area (Å²) in [6.45, 7) is 8.27. The van der Waals surface area contributed by atoms with E-state index in [9.17, 15) is 13.5 Å². The smallest absolute Gasteiger partial charge is 0.175 e. The summed E-state index contributed by atoms with van der Waals surface area (Å²) in [4.78, 5) is 10.4. The Labute approximate surface area is 251 Å². The van der Waals surface area contributed by atoms with Gasteiger partial charge >= 0.3 is 0 Å². The van der Waals surface area contributed by atoms with Gasteiger partial charge in [0.25, 0.3) is 0 Å². The average molecular weight is 598 g/mol. The van der Waals surface area contributed by atoms with Crippen molar-refractivity contribution in [2.45, 2.75) is 43.6 Å². The maximum Gasteiger partial charge on any atom is 0.175 e. The first-order chi connectivity index (χ1) is 19.8. The molecule has 0 saturated carbocycles. The third kappa shape index (κ3) is 6.22. The van der Waals surface area contributed by atoms with Crippen molar-refractivity contribution < 1.29 is 13.5 Å². The van der Waals surface area contributed by atoms with Crippen molar-refractivity contribution >= 4 is 43.7 Å². The van der Waals surface area contributed by atoms with Crippen LogP contribution in [0.3, 0.4) is 0 Å². The van der Waals surface area contributed by atoms with E-state index in [2.05, 4.69) is 55.2 Å². The van der Waals surface area contributed by atoms with E-state index in [-0.39, 0.29) is 10.3 Å². The Morgan fingerprint density at radius 2 is 1.71 bits per heavy atom. The Balaban J connectivity index is 1.67. The molecule has 0 fully saturated rings. The van der Waals surface area contributed by atoms with Gasteiger partial charge < -0.3 is 10.8 Å². The molecule has 0 aliphatic heterocycles. The van der Waals surface area contributed by atoms with Gasteiger partial charge in [0.15, 0.2) is 9.84 Å². The van der Waals surface area contributed by atoms with Crippen LogP contribution in [0.15, 0.2) is 90.1 Å². The number of hydrogen-bond donors (Lipinski definition) is 2. The van der Waals surface area contributed by atoms with Gasteiger partial charge in [-0.25, -0.2) is 13.4 Å². The van der Waals surface area contributed by atoms with E-state index in [1.165, 1.54) is 17.6 Å². The minimum absolute atomic E-state index is 0.204. The molecule has 3 N–H and O–H groups in total. The minimum Gasteiger partial charge on any atom is -0.385 e. The zero-order valence-electron chi connectivity index (χ0n) is 24.4. The highest BCUT2D eigenvalue weighted by Crippen LogP contribution is 2.36. The summed E-state index contributed by atoms with van der Waals surface area (Å²) < 4.78 is 24.2. The van der Waals surface area contributed by atoms with Gasteiger partial charge in [-0.2, -0.15) is 0 Å². The highest BCUT2D eigenvalue weighted by atomic mass is 32.2. The van der Waals surface area contributed by atoms with Crippen LogP contribution in [0, 0.1) is 0 Å². The summed E-state index contributed by atoms with van der Waals surface area (Å²) in [6.07, 6.45) is 6.75. The van der Waals surface area contributed by atoms with E-state index < -0.39 is 15.4 Å². The molecule has 0 radical (unpaired) electrons. The van der Waals surface area contributed by atoms with Crippen LogP contribution < -0.4 is 5.73 Å². The van der Waals surface area contributed by atoms with Crippen molar-refractivity contribution in [1.82, 2.24) is 9.97 Å². The summed E-state index contributed by atoms with van der Waals surface area (Å²) in [7, 11) is -3.33. The van der Waals surface area contributed by atoms with Gasteiger partial charge in [0.2, 0.25) is 0 Å². The molecule has 0 bridgehead atoms. The van der Waals surface area contributed by atoms with Crippen LogP contribution in [0.2, 0.25) is 0 Å². The molecule has 2 heterocycles. The van der Waals surface area contributed by atoms with Gasteiger partial charge in [0, 0.05) is 47.1 Å². The van der Waals surface area contributed by atoms with Crippen molar-refractivity contribution in [2.24, 2.45) is 5.73 Å². The summed E-state index contributed by atoms with van der Waals surface area (Å²) in [6, 6.07) is 23.5. The molecule has 2 aromatic heterocycles. The van der Waals surface area contributed by atoms with Gasteiger partial charge in [0.05, 0.1) is 20.9 Å². The fourth-order valence-electron chi connectivity index (χ4n) is 4.72. The predicted octanol–water partition coefficient (Wildman–Crippen LogP) is 6.81. The van der Waals surface area contributed by atoms with Crippen LogP contribution >= 0.6 is 11.3 Å². The fourth-order valence-corrected chi connectivity index (χ4v) is 6.30. The molecule has 0 aliphatic carbocycles. The Morgan fingerprint density at radius 1 is 0.976 bits per heavy atom. The number of aromatic nitrogens is 2. The van der Waals surface area contributed by atoms with E-state index >= 15 is 0 Å². The van der Waals surface area contributed by atoms with E-state index in [4.69, 9.17) is 10.7 Å². The number of hydrogen-bond acceptors (Lipinski definition) is 7. The number of nitrogens with zero attached hydrogens (tertiary/aromatic N) is 2. The van der Waals surface area contributed by atoms with Gasteiger partial charge in [-0.1, -0.05) is 50.2 Å². The maximum absolute atomic E-state index is 12.1. The van der Waals surface area contributed by atoms with E-state index in [1.54, 1.807) is 44.3 Å². The van der Waals surface area contributed by atoms with Gasteiger partial charge in [-0.3, -0.25) is 4.98 Å². The quantitative estimate of drug-likeness (QED) is 0.190. The molecule has 0 amide bonds. The molecule has 0 atom stereocenters. The second-order valence-corrected chi connectivity index (χ2v) is 14.8. The molecule has 0 unspecified atom stereocenters. The molecular formula is C34H35N3O3S2. The number of rotatable bonds is 8. The zero-order chi connectivity index (χ0) is 30.3. The van der Waals surface area contributed by atoms with Crippen LogP contribution in [0.1, 0.15) is 54.3 Å². The molecule has 0 saturated heterocycles. The number of nitrogens with two attached hydrogens (primary N) is 1. The lowest BCUT2D eigenvalue weighted by molar-refractivity contribution is 0.0823. The van der Waals surface area contributed by atoms with Crippen molar-refractivity contribution in [3.05, 3.63) is 112 Å². The van der Waals surface area contributed by atoms with Crippen molar-refractivity contribution in [2.75, 3.05) is 12.8 Å². The molecule has 0 spiro atoms. The number of sulfone groups is 1. The molecular weight excluding hydrogens is 563 g/mol. The molecule has 3 aromatic carbocycles. The third-order valence-electron chi connectivity index (χ3n) is 7.44. The van der Waals surface area contributed by atoms with Gasteiger partial charge in [0.1, 0.15) is 5.01 Å². The lowest BCUT2D eigenvalue weighted by atomic mass is 9.82. The van der Waals surface area contributed by atoms with Crippen molar-refractivity contribution in [1.29, 1.82) is 0 Å². The Morgan fingerprint density at radius 3 is 2.36 bits per heavy atom. The lowest BCUT2D eigenvalue weighted by Crippen LogP contribution is -2.28. The van der Waals surface area contributed by atoms with Crippen LogP contribution in [0.5, 0.6) is 0 Å². The Hall–Kier alpha value is -3.69. The first-order valence-electron chi connectivity index (χ1n) is 13.7. The van der Waals surface area contributed by atoms with E-state index in [1.807, 2.05) is 24.4 Å².